The van der Waals surface area contributed by atoms with Gasteiger partial charge in [0.2, 0.25) is 0 Å². The summed E-state index contributed by atoms with van der Waals surface area (Å²) in [7, 11) is 0. The second-order valence-electron chi connectivity index (χ2n) is 7.27. The Morgan fingerprint density at radius 2 is 1.97 bits per heavy atom. The molecule has 10 heteroatoms. The highest BCUT2D eigenvalue weighted by atomic mass is 35.5. The first kappa shape index (κ1) is 20.0. The minimum Gasteiger partial charge on any atom is -0.491 e. The van der Waals surface area contributed by atoms with Gasteiger partial charge in [-0.25, -0.2) is 15.0 Å². The molecule has 4 aromatic rings. The van der Waals surface area contributed by atoms with E-state index in [0.29, 0.717) is 21.9 Å². The summed E-state index contributed by atoms with van der Waals surface area (Å²) in [6, 6.07) is 9.13. The molecule has 0 aliphatic carbocycles. The van der Waals surface area contributed by atoms with Gasteiger partial charge >= 0.3 is 6.18 Å². The van der Waals surface area contributed by atoms with Crippen molar-refractivity contribution in [2.24, 2.45) is 0 Å². The number of pyridine rings is 1. The third-order valence-electron chi connectivity index (χ3n) is 5.25. The smallest absolute Gasteiger partial charge is 0.433 e. The van der Waals surface area contributed by atoms with Gasteiger partial charge in [-0.2, -0.15) is 13.2 Å². The number of rotatable bonds is 4. The number of ether oxygens (including phenoxy) is 2. The van der Waals surface area contributed by atoms with Crippen LogP contribution in [0.3, 0.4) is 0 Å². The van der Waals surface area contributed by atoms with E-state index >= 15 is 0 Å². The zero-order chi connectivity index (χ0) is 21.6. The van der Waals surface area contributed by atoms with Crippen LogP contribution in [0.1, 0.15) is 24.8 Å². The van der Waals surface area contributed by atoms with Crippen LogP contribution < -0.4 is 4.74 Å². The van der Waals surface area contributed by atoms with Gasteiger partial charge in [0.25, 0.3) is 0 Å². The number of hydrogen-bond acceptors (Lipinski definition) is 5. The Morgan fingerprint density at radius 1 is 1.13 bits per heavy atom. The Balaban J connectivity index is 1.27. The highest BCUT2D eigenvalue weighted by molar-refractivity contribution is 6.33. The van der Waals surface area contributed by atoms with E-state index in [1.54, 1.807) is 12.1 Å². The highest BCUT2D eigenvalue weighted by Gasteiger charge is 2.32. The van der Waals surface area contributed by atoms with Crippen molar-refractivity contribution in [2.75, 3.05) is 6.61 Å². The van der Waals surface area contributed by atoms with Crippen molar-refractivity contribution in [3.05, 3.63) is 59.8 Å². The molecule has 2 atom stereocenters. The molecule has 0 spiro atoms. The van der Waals surface area contributed by atoms with Crippen molar-refractivity contribution in [1.29, 1.82) is 0 Å². The summed E-state index contributed by atoms with van der Waals surface area (Å²) in [4.78, 5) is 12.0. The summed E-state index contributed by atoms with van der Waals surface area (Å²) in [5, 5.41) is 1.76. The Kier molecular flexibility index (Phi) is 4.94. The SMILES string of the molecule is FC(F)(F)c1ccc2ccc(OC[C@@H]3CC[C@H](n4ccc5c(Cl)ncnc54)O3)cc2n1. The van der Waals surface area contributed by atoms with Gasteiger partial charge < -0.3 is 14.0 Å². The van der Waals surface area contributed by atoms with Gasteiger partial charge in [-0.05, 0) is 37.1 Å². The van der Waals surface area contributed by atoms with Crippen LogP contribution in [-0.2, 0) is 10.9 Å². The van der Waals surface area contributed by atoms with Crippen LogP contribution in [0, 0.1) is 0 Å². The predicted molar refractivity (Wildman–Crippen MR) is 108 cm³/mol. The third-order valence-corrected chi connectivity index (χ3v) is 5.55. The topological polar surface area (TPSA) is 62.1 Å². The highest BCUT2D eigenvalue weighted by Crippen LogP contribution is 2.33. The quantitative estimate of drug-likeness (QED) is 0.391. The average molecular weight is 449 g/mol. The molecular weight excluding hydrogens is 433 g/mol. The monoisotopic (exact) mass is 448 g/mol. The number of benzene rings is 1. The first-order chi connectivity index (χ1) is 14.9. The summed E-state index contributed by atoms with van der Waals surface area (Å²) in [5.41, 5.74) is 0.00235. The first-order valence-corrected chi connectivity index (χ1v) is 9.99. The maximum atomic E-state index is 12.9. The minimum atomic E-state index is -4.49. The molecule has 31 heavy (non-hydrogen) atoms. The number of halogens is 4. The van der Waals surface area contributed by atoms with Gasteiger partial charge in [0.05, 0.1) is 17.0 Å². The number of aromatic nitrogens is 4. The van der Waals surface area contributed by atoms with E-state index in [0.717, 1.165) is 24.3 Å². The average Bonchev–Trinajstić information content (AvgIpc) is 3.38. The molecule has 1 aliphatic rings. The van der Waals surface area contributed by atoms with Crippen LogP contribution in [-0.4, -0.2) is 32.2 Å². The summed E-state index contributed by atoms with van der Waals surface area (Å²) >= 11 is 6.11. The molecular formula is C21H16ClF3N4O2. The molecule has 1 saturated heterocycles. The standard InChI is InChI=1S/C21H16ClF3N4O2/c22-19-15-7-8-29(20(15)27-11-26-19)18-6-4-14(31-18)10-30-13-3-1-12-2-5-17(21(23,24)25)28-16(12)9-13/h1-3,5,7-9,11,14,18H,4,6,10H2/t14-,18+/m0/s1. The minimum absolute atomic E-state index is 0.162. The normalized spacial score (nSPS) is 19.4. The molecule has 4 heterocycles. The van der Waals surface area contributed by atoms with Crippen LogP contribution in [0.4, 0.5) is 13.2 Å². The molecule has 160 valence electrons. The second kappa shape index (κ2) is 7.65. The van der Waals surface area contributed by atoms with Gasteiger partial charge in [0, 0.05) is 17.6 Å². The van der Waals surface area contributed by atoms with E-state index in [1.807, 2.05) is 16.8 Å². The molecule has 0 N–H and O–H groups in total. The van der Waals surface area contributed by atoms with Gasteiger partial charge in [-0.1, -0.05) is 17.7 Å². The summed E-state index contributed by atoms with van der Waals surface area (Å²) < 4.78 is 52.6. The van der Waals surface area contributed by atoms with Gasteiger partial charge in [0.1, 0.15) is 41.4 Å². The Bertz CT molecular complexity index is 1260. The summed E-state index contributed by atoms with van der Waals surface area (Å²) in [6.07, 6.45) is -0.0353. The number of fused-ring (bicyclic) bond motifs is 2. The zero-order valence-corrected chi connectivity index (χ0v) is 16.8. The van der Waals surface area contributed by atoms with Gasteiger partial charge in [-0.3, -0.25) is 0 Å². The molecule has 3 aromatic heterocycles. The largest absolute Gasteiger partial charge is 0.491 e. The molecule has 6 nitrogen and oxygen atoms in total. The molecule has 1 aliphatic heterocycles. The van der Waals surface area contributed by atoms with E-state index in [1.165, 1.54) is 18.5 Å². The lowest BCUT2D eigenvalue weighted by Gasteiger charge is -2.16. The van der Waals surface area contributed by atoms with Crippen molar-refractivity contribution in [1.82, 2.24) is 19.5 Å². The molecule has 5 rings (SSSR count). The van der Waals surface area contributed by atoms with Crippen LogP contribution in [0.15, 0.2) is 48.9 Å². The van der Waals surface area contributed by atoms with E-state index in [2.05, 4.69) is 15.0 Å². The van der Waals surface area contributed by atoms with E-state index in [4.69, 9.17) is 21.1 Å². The molecule has 0 saturated carbocycles. The van der Waals surface area contributed by atoms with Crippen LogP contribution in [0.25, 0.3) is 21.9 Å². The molecule has 1 fully saturated rings. The van der Waals surface area contributed by atoms with E-state index in [-0.39, 0.29) is 24.5 Å². The van der Waals surface area contributed by atoms with Crippen molar-refractivity contribution in [3.63, 3.8) is 0 Å². The lowest BCUT2D eigenvalue weighted by atomic mass is 10.2. The zero-order valence-electron chi connectivity index (χ0n) is 16.0. The molecule has 0 radical (unpaired) electrons. The number of nitrogens with zero attached hydrogens (tertiary/aromatic N) is 4. The van der Waals surface area contributed by atoms with Crippen LogP contribution in [0.2, 0.25) is 5.15 Å². The fraction of sp³-hybridized carbons (Fsp3) is 0.286. The Hall–Kier alpha value is -2.91. The fourth-order valence-electron chi connectivity index (χ4n) is 3.72. The predicted octanol–water partition coefficient (Wildman–Crippen LogP) is 5.41. The molecule has 0 bridgehead atoms. The van der Waals surface area contributed by atoms with E-state index < -0.39 is 11.9 Å². The number of alkyl halides is 3. The van der Waals surface area contributed by atoms with Crippen molar-refractivity contribution >= 4 is 33.5 Å². The Morgan fingerprint density at radius 3 is 2.81 bits per heavy atom. The maximum absolute atomic E-state index is 12.9. The molecule has 1 aromatic carbocycles. The summed E-state index contributed by atoms with van der Waals surface area (Å²) in [6.45, 7) is 0.274. The molecule has 0 unspecified atom stereocenters. The third kappa shape index (κ3) is 3.90. The molecule has 0 amide bonds. The van der Waals surface area contributed by atoms with Gasteiger partial charge in [0.15, 0.2) is 0 Å². The fourth-order valence-corrected chi connectivity index (χ4v) is 3.91. The lowest BCUT2D eigenvalue weighted by Crippen LogP contribution is -2.18. The van der Waals surface area contributed by atoms with Gasteiger partial charge in [-0.15, -0.1) is 0 Å². The van der Waals surface area contributed by atoms with E-state index in [9.17, 15) is 13.2 Å². The van der Waals surface area contributed by atoms with Crippen molar-refractivity contribution in [3.8, 4) is 5.75 Å². The second-order valence-corrected chi connectivity index (χ2v) is 7.63. The van der Waals surface area contributed by atoms with Crippen molar-refractivity contribution < 1.29 is 22.6 Å². The van der Waals surface area contributed by atoms with Crippen molar-refractivity contribution in [2.45, 2.75) is 31.3 Å². The first-order valence-electron chi connectivity index (χ1n) is 9.62. The van der Waals surface area contributed by atoms with Crippen LogP contribution in [0.5, 0.6) is 5.75 Å². The maximum Gasteiger partial charge on any atom is 0.433 e. The Labute approximate surface area is 179 Å². The number of hydrogen-bond donors (Lipinski definition) is 0. The summed E-state index contributed by atoms with van der Waals surface area (Å²) in [5.74, 6) is 0.442. The van der Waals surface area contributed by atoms with Crippen LogP contribution >= 0.6 is 11.6 Å². The lowest BCUT2D eigenvalue weighted by molar-refractivity contribution is -0.140.